The first kappa shape index (κ1) is 17.3. The summed E-state index contributed by atoms with van der Waals surface area (Å²) < 4.78 is 58.0. The van der Waals surface area contributed by atoms with Gasteiger partial charge in [0.25, 0.3) is 0 Å². The first-order chi connectivity index (χ1) is 10.9. The number of aliphatic hydroxyl groups is 1. The minimum Gasteiger partial charge on any atom is -0.431 e. The molecule has 0 aromatic heterocycles. The topological polar surface area (TPSA) is 62.5 Å². The Hall–Kier alpha value is -2.01. The summed E-state index contributed by atoms with van der Waals surface area (Å²) in [7, 11) is 0. The van der Waals surface area contributed by atoms with Gasteiger partial charge >= 0.3 is 13.2 Å². The quantitative estimate of drug-likeness (QED) is 0.837. The Labute approximate surface area is 130 Å². The molecule has 0 aliphatic heterocycles. The minimum atomic E-state index is -3.21. The Morgan fingerprint density at radius 1 is 1.09 bits per heavy atom. The van der Waals surface area contributed by atoms with Gasteiger partial charge in [0.05, 0.1) is 17.6 Å². The molecule has 0 saturated heterocycles. The van der Waals surface area contributed by atoms with E-state index in [9.17, 15) is 27.9 Å². The molecule has 0 unspecified atom stereocenters. The molecule has 0 amide bonds. The molecule has 1 N–H and O–H groups in total. The summed E-state index contributed by atoms with van der Waals surface area (Å²) >= 11 is 0. The smallest absolute Gasteiger partial charge is 0.387 e. The van der Waals surface area contributed by atoms with Crippen molar-refractivity contribution in [2.24, 2.45) is 0 Å². The van der Waals surface area contributed by atoms with E-state index in [2.05, 4.69) is 15.5 Å². The summed E-state index contributed by atoms with van der Waals surface area (Å²) in [6.07, 6.45) is 0.971. The average molecular weight is 333 g/mol. The molecule has 1 fully saturated rings. The first-order valence-corrected chi connectivity index (χ1v) is 7.00. The number of rotatable bonds is 5. The largest absolute Gasteiger partial charge is 0.431 e. The number of alkyl halides is 4. The van der Waals surface area contributed by atoms with E-state index < -0.39 is 36.2 Å². The highest BCUT2D eigenvalue weighted by molar-refractivity contribution is 5.47. The summed E-state index contributed by atoms with van der Waals surface area (Å²) in [5, 5.41) is 19.1. The zero-order valence-electron chi connectivity index (χ0n) is 12.0. The number of hydrogen-bond acceptors (Lipinski definition) is 4. The van der Waals surface area contributed by atoms with Gasteiger partial charge in [0.1, 0.15) is 0 Å². The Morgan fingerprint density at radius 2 is 1.65 bits per heavy atom. The van der Waals surface area contributed by atoms with Crippen molar-refractivity contribution in [3.63, 3.8) is 0 Å². The lowest BCUT2D eigenvalue weighted by atomic mass is 9.70. The lowest BCUT2D eigenvalue weighted by Crippen LogP contribution is -2.32. The normalized spacial score (nSPS) is 24.5. The molecule has 0 atom stereocenters. The average Bonchev–Trinajstić information content (AvgIpc) is 2.49. The maximum Gasteiger partial charge on any atom is 0.387 e. The number of halogens is 4. The van der Waals surface area contributed by atoms with Crippen LogP contribution < -0.4 is 9.47 Å². The standard InChI is InChI=1S/C15H15F4NO3/c16-13(17)22-11-2-1-9(7-12(11)23-14(18)19)15(8-20)5-3-10(21)4-6-15/h1-2,7,10,13-14,21H,3-6H2/t10-,15-. The molecule has 1 aromatic carbocycles. The Kier molecular flexibility index (Phi) is 5.31. The highest BCUT2D eigenvalue weighted by atomic mass is 19.3. The van der Waals surface area contributed by atoms with E-state index in [1.54, 1.807) is 0 Å². The molecule has 0 radical (unpaired) electrons. The van der Waals surface area contributed by atoms with Crippen molar-refractivity contribution in [1.29, 1.82) is 5.26 Å². The predicted molar refractivity (Wildman–Crippen MR) is 71.5 cm³/mol. The lowest BCUT2D eigenvalue weighted by molar-refractivity contribution is -0.0693. The maximum atomic E-state index is 12.5. The van der Waals surface area contributed by atoms with Gasteiger partial charge in [0.15, 0.2) is 11.5 Å². The van der Waals surface area contributed by atoms with E-state index in [1.807, 2.05) is 0 Å². The maximum absolute atomic E-state index is 12.5. The number of nitriles is 1. The molecule has 4 nitrogen and oxygen atoms in total. The fraction of sp³-hybridized carbons (Fsp3) is 0.533. The lowest BCUT2D eigenvalue weighted by Gasteiger charge is -2.33. The second kappa shape index (κ2) is 7.04. The van der Waals surface area contributed by atoms with Crippen LogP contribution >= 0.6 is 0 Å². The number of benzene rings is 1. The van der Waals surface area contributed by atoms with E-state index >= 15 is 0 Å². The second-order valence-corrected chi connectivity index (χ2v) is 5.34. The summed E-state index contributed by atoms with van der Waals surface area (Å²) in [5.74, 6) is -1.06. The van der Waals surface area contributed by atoms with Crippen LogP contribution in [0.4, 0.5) is 17.6 Å². The SMILES string of the molecule is N#C[C@]1(c2ccc(OC(F)F)c(OC(F)F)c2)CC[C@H](O)CC1. The van der Waals surface area contributed by atoms with Crippen LogP contribution in [0.5, 0.6) is 11.5 Å². The van der Waals surface area contributed by atoms with Gasteiger partial charge in [0, 0.05) is 0 Å². The zero-order valence-corrected chi connectivity index (χ0v) is 12.0. The molecule has 1 aliphatic rings. The zero-order chi connectivity index (χ0) is 17.0. The van der Waals surface area contributed by atoms with E-state index in [-0.39, 0.29) is 0 Å². The summed E-state index contributed by atoms with van der Waals surface area (Å²) in [6.45, 7) is -6.40. The van der Waals surface area contributed by atoms with Gasteiger partial charge in [-0.2, -0.15) is 22.8 Å². The molecule has 0 heterocycles. The van der Waals surface area contributed by atoms with Crippen molar-refractivity contribution in [3.05, 3.63) is 23.8 Å². The molecule has 23 heavy (non-hydrogen) atoms. The van der Waals surface area contributed by atoms with Crippen molar-refractivity contribution in [2.45, 2.75) is 50.4 Å². The second-order valence-electron chi connectivity index (χ2n) is 5.34. The molecule has 1 aliphatic carbocycles. The van der Waals surface area contributed by atoms with Crippen LogP contribution in [0.2, 0.25) is 0 Å². The van der Waals surface area contributed by atoms with Gasteiger partial charge < -0.3 is 14.6 Å². The molecular formula is C15H15F4NO3. The highest BCUT2D eigenvalue weighted by Gasteiger charge is 2.37. The third kappa shape index (κ3) is 4.05. The molecule has 1 saturated carbocycles. The first-order valence-electron chi connectivity index (χ1n) is 7.00. The molecule has 0 bridgehead atoms. The van der Waals surface area contributed by atoms with Crippen LogP contribution in [0, 0.1) is 11.3 Å². The summed E-state index contributed by atoms with van der Waals surface area (Å²) in [6, 6.07) is 5.75. The summed E-state index contributed by atoms with van der Waals surface area (Å²) in [5.41, 5.74) is -0.591. The van der Waals surface area contributed by atoms with Gasteiger partial charge in [-0.3, -0.25) is 0 Å². The van der Waals surface area contributed by atoms with Gasteiger partial charge in [-0.25, -0.2) is 0 Å². The predicted octanol–water partition coefficient (Wildman–Crippen LogP) is 3.59. The summed E-state index contributed by atoms with van der Waals surface area (Å²) in [4.78, 5) is 0. The molecule has 1 aromatic rings. The minimum absolute atomic E-state index is 0.341. The number of aliphatic hydroxyl groups excluding tert-OH is 1. The number of nitrogens with zero attached hydrogens (tertiary/aromatic N) is 1. The molecule has 8 heteroatoms. The third-order valence-corrected chi connectivity index (χ3v) is 3.95. The van der Waals surface area contributed by atoms with Crippen LogP contribution in [0.15, 0.2) is 18.2 Å². The van der Waals surface area contributed by atoms with Crippen molar-refractivity contribution < 1.29 is 32.1 Å². The van der Waals surface area contributed by atoms with Crippen molar-refractivity contribution in [3.8, 4) is 17.6 Å². The monoisotopic (exact) mass is 333 g/mol. The molecular weight excluding hydrogens is 318 g/mol. The molecule has 2 rings (SSSR count). The van der Waals surface area contributed by atoms with E-state index in [0.717, 1.165) is 12.1 Å². The van der Waals surface area contributed by atoms with Crippen LogP contribution in [0.25, 0.3) is 0 Å². The van der Waals surface area contributed by atoms with Crippen LogP contribution in [0.3, 0.4) is 0 Å². The number of ether oxygens (including phenoxy) is 2. The van der Waals surface area contributed by atoms with Crippen molar-refractivity contribution >= 4 is 0 Å². The van der Waals surface area contributed by atoms with Gasteiger partial charge in [-0.05, 0) is 43.4 Å². The van der Waals surface area contributed by atoms with Crippen LogP contribution in [-0.4, -0.2) is 24.4 Å². The van der Waals surface area contributed by atoms with E-state index in [4.69, 9.17) is 0 Å². The molecule has 126 valence electrons. The molecule has 0 spiro atoms. The fourth-order valence-corrected chi connectivity index (χ4v) is 2.75. The van der Waals surface area contributed by atoms with Gasteiger partial charge in [-0.1, -0.05) is 6.07 Å². The number of hydrogen-bond donors (Lipinski definition) is 1. The van der Waals surface area contributed by atoms with E-state index in [0.29, 0.717) is 31.2 Å². The van der Waals surface area contributed by atoms with Gasteiger partial charge in [0.2, 0.25) is 0 Å². The third-order valence-electron chi connectivity index (χ3n) is 3.95. The fourth-order valence-electron chi connectivity index (χ4n) is 2.75. The van der Waals surface area contributed by atoms with Crippen LogP contribution in [0.1, 0.15) is 31.2 Å². The Balaban J connectivity index is 2.37. The Bertz CT molecular complexity index is 581. The van der Waals surface area contributed by atoms with Crippen molar-refractivity contribution in [2.75, 3.05) is 0 Å². The van der Waals surface area contributed by atoms with Crippen LogP contribution in [-0.2, 0) is 5.41 Å². The van der Waals surface area contributed by atoms with E-state index in [1.165, 1.54) is 6.07 Å². The highest BCUT2D eigenvalue weighted by Crippen LogP contribution is 2.42. The van der Waals surface area contributed by atoms with Gasteiger partial charge in [-0.15, -0.1) is 0 Å². The Morgan fingerprint density at radius 3 is 2.17 bits per heavy atom. The van der Waals surface area contributed by atoms with Crippen molar-refractivity contribution in [1.82, 2.24) is 0 Å².